The smallest absolute Gasteiger partial charge is 0.251 e. The molecule has 2 heterocycles. The van der Waals surface area contributed by atoms with Gasteiger partial charge in [0.2, 0.25) is 0 Å². The molecule has 2 unspecified atom stereocenters. The summed E-state index contributed by atoms with van der Waals surface area (Å²) in [6, 6.07) is 6.15. The lowest BCUT2D eigenvalue weighted by Crippen LogP contribution is -2.47. The molecule has 1 aliphatic carbocycles. The molecule has 1 N–H and O–H groups in total. The van der Waals surface area contributed by atoms with Crippen LogP contribution in [0.4, 0.5) is 0 Å². The van der Waals surface area contributed by atoms with Gasteiger partial charge in [0.05, 0.1) is 15.7 Å². The fraction of sp³-hybridized carbons (Fsp3) is 0.600. The van der Waals surface area contributed by atoms with E-state index in [1.807, 2.05) is 23.7 Å². The monoisotopic (exact) mass is 357 g/mol. The number of likely N-dealkylation sites (tertiary alicyclic amines) is 1. The molecule has 1 aliphatic heterocycles. The maximum atomic E-state index is 12.8. The van der Waals surface area contributed by atoms with Crippen LogP contribution in [0.15, 0.2) is 23.7 Å². The van der Waals surface area contributed by atoms with Gasteiger partial charge in [-0.2, -0.15) is 0 Å². The zero-order chi connectivity index (χ0) is 17.1. The molecule has 2 aromatic rings. The predicted molar refractivity (Wildman–Crippen MR) is 103 cm³/mol. The molecule has 4 rings (SSSR count). The lowest BCUT2D eigenvalue weighted by atomic mass is 9.83. The molecule has 2 fully saturated rings. The third-order valence-electron chi connectivity index (χ3n) is 5.76. The summed E-state index contributed by atoms with van der Waals surface area (Å²) in [6.07, 6.45) is 8.94. The molecule has 1 aromatic carbocycles. The number of benzene rings is 1. The second-order valence-electron chi connectivity index (χ2n) is 7.52. The van der Waals surface area contributed by atoms with Crippen molar-refractivity contribution in [3.05, 3.63) is 29.3 Å². The summed E-state index contributed by atoms with van der Waals surface area (Å²) in [5, 5.41) is 3.35. The van der Waals surface area contributed by atoms with Crippen molar-refractivity contribution in [1.29, 1.82) is 0 Å². The number of carbonyl (C=O) groups is 1. The van der Waals surface area contributed by atoms with Crippen LogP contribution < -0.4 is 5.32 Å². The fourth-order valence-electron chi connectivity index (χ4n) is 4.34. The largest absolute Gasteiger partial charge is 0.349 e. The minimum atomic E-state index is 0.0749. The van der Waals surface area contributed by atoms with Gasteiger partial charge in [-0.25, -0.2) is 4.98 Å². The molecule has 2 aliphatic rings. The Balaban J connectivity index is 1.42. The minimum Gasteiger partial charge on any atom is -0.349 e. The number of amides is 1. The highest BCUT2D eigenvalue weighted by Gasteiger charge is 2.28. The van der Waals surface area contributed by atoms with Crippen molar-refractivity contribution in [2.24, 2.45) is 5.92 Å². The van der Waals surface area contributed by atoms with E-state index in [0.29, 0.717) is 12.0 Å². The third-order valence-corrected chi connectivity index (χ3v) is 6.55. The standard InChI is InChI=1S/C20H27N3OS/c24-20(15-8-9-18-19(12-15)25-14-21-18)22-17-7-3-2-6-16(17)13-23-10-4-1-5-11-23/h8-9,12,14,16-17H,1-7,10-11,13H2,(H,22,24). The van der Waals surface area contributed by atoms with Crippen molar-refractivity contribution in [3.8, 4) is 0 Å². The Morgan fingerprint density at radius 3 is 2.88 bits per heavy atom. The first-order valence-corrected chi connectivity index (χ1v) is 10.5. The summed E-state index contributed by atoms with van der Waals surface area (Å²) in [6.45, 7) is 3.62. The molecule has 134 valence electrons. The minimum absolute atomic E-state index is 0.0749. The van der Waals surface area contributed by atoms with Gasteiger partial charge in [0.25, 0.3) is 5.91 Å². The third kappa shape index (κ3) is 4.04. The molecule has 25 heavy (non-hydrogen) atoms. The van der Waals surface area contributed by atoms with Crippen LogP contribution in [0.25, 0.3) is 10.2 Å². The van der Waals surface area contributed by atoms with Crippen molar-refractivity contribution in [2.45, 2.75) is 51.0 Å². The van der Waals surface area contributed by atoms with Crippen molar-refractivity contribution in [1.82, 2.24) is 15.2 Å². The molecule has 2 atom stereocenters. The van der Waals surface area contributed by atoms with Crippen LogP contribution >= 0.6 is 11.3 Å². The van der Waals surface area contributed by atoms with Crippen molar-refractivity contribution in [2.75, 3.05) is 19.6 Å². The molecule has 0 radical (unpaired) electrons. The maximum Gasteiger partial charge on any atom is 0.251 e. The van der Waals surface area contributed by atoms with Gasteiger partial charge in [-0.15, -0.1) is 11.3 Å². The van der Waals surface area contributed by atoms with E-state index < -0.39 is 0 Å². The predicted octanol–water partition coefficient (Wildman–Crippen LogP) is 4.07. The number of nitrogens with one attached hydrogen (secondary N) is 1. The van der Waals surface area contributed by atoms with Gasteiger partial charge in [0.1, 0.15) is 0 Å². The maximum absolute atomic E-state index is 12.8. The molecule has 1 aromatic heterocycles. The van der Waals surface area contributed by atoms with Gasteiger partial charge in [0, 0.05) is 18.2 Å². The van der Waals surface area contributed by atoms with Crippen LogP contribution in [0.2, 0.25) is 0 Å². The van der Waals surface area contributed by atoms with Gasteiger partial charge < -0.3 is 10.2 Å². The first-order valence-electron chi connectivity index (χ1n) is 9.66. The van der Waals surface area contributed by atoms with Gasteiger partial charge >= 0.3 is 0 Å². The van der Waals surface area contributed by atoms with Crippen LogP contribution in [-0.2, 0) is 0 Å². The second kappa shape index (κ2) is 7.83. The van der Waals surface area contributed by atoms with Crippen molar-refractivity contribution in [3.63, 3.8) is 0 Å². The lowest BCUT2D eigenvalue weighted by molar-refractivity contribution is 0.0877. The highest BCUT2D eigenvalue weighted by atomic mass is 32.1. The Labute approximate surface area is 153 Å². The Kier molecular flexibility index (Phi) is 5.32. The fourth-order valence-corrected chi connectivity index (χ4v) is 5.05. The number of fused-ring (bicyclic) bond motifs is 1. The molecule has 5 heteroatoms. The highest BCUT2D eigenvalue weighted by molar-refractivity contribution is 7.16. The van der Waals surface area contributed by atoms with E-state index in [1.54, 1.807) is 11.3 Å². The first-order chi connectivity index (χ1) is 12.3. The average molecular weight is 358 g/mol. The van der Waals surface area contributed by atoms with Gasteiger partial charge in [-0.3, -0.25) is 4.79 Å². The number of hydrogen-bond donors (Lipinski definition) is 1. The van der Waals surface area contributed by atoms with Crippen molar-refractivity contribution >= 4 is 27.5 Å². The van der Waals surface area contributed by atoms with E-state index in [0.717, 1.165) is 28.7 Å². The first kappa shape index (κ1) is 17.0. The number of rotatable bonds is 4. The zero-order valence-corrected chi connectivity index (χ0v) is 15.6. The van der Waals surface area contributed by atoms with E-state index in [4.69, 9.17) is 0 Å². The quantitative estimate of drug-likeness (QED) is 0.897. The van der Waals surface area contributed by atoms with Crippen LogP contribution in [0, 0.1) is 5.92 Å². The van der Waals surface area contributed by atoms with Gasteiger partial charge in [0.15, 0.2) is 0 Å². The SMILES string of the molecule is O=C(NC1CCCCC1CN1CCCCC1)c1ccc2ncsc2c1. The van der Waals surface area contributed by atoms with Crippen LogP contribution in [0.3, 0.4) is 0 Å². The van der Waals surface area contributed by atoms with E-state index in [-0.39, 0.29) is 5.91 Å². The summed E-state index contributed by atoms with van der Waals surface area (Å²) in [4.78, 5) is 19.7. The number of thiazole rings is 1. The second-order valence-corrected chi connectivity index (χ2v) is 8.41. The van der Waals surface area contributed by atoms with Gasteiger partial charge in [-0.05, 0) is 62.9 Å². The van der Waals surface area contributed by atoms with Crippen molar-refractivity contribution < 1.29 is 4.79 Å². The highest BCUT2D eigenvalue weighted by Crippen LogP contribution is 2.27. The van der Waals surface area contributed by atoms with Gasteiger partial charge in [-0.1, -0.05) is 19.3 Å². The topological polar surface area (TPSA) is 45.2 Å². The number of nitrogens with zero attached hydrogens (tertiary/aromatic N) is 2. The summed E-state index contributed by atoms with van der Waals surface area (Å²) < 4.78 is 1.08. The molecular weight excluding hydrogens is 330 g/mol. The summed E-state index contributed by atoms with van der Waals surface area (Å²) in [5.74, 6) is 0.675. The molecular formula is C20H27N3OS. The molecule has 4 nitrogen and oxygen atoms in total. The Hall–Kier alpha value is -1.46. The number of carbonyl (C=O) groups excluding carboxylic acids is 1. The number of hydrogen-bond acceptors (Lipinski definition) is 4. The molecule has 1 saturated carbocycles. The molecule has 0 bridgehead atoms. The number of piperidine rings is 1. The van der Waals surface area contributed by atoms with E-state index in [9.17, 15) is 4.79 Å². The Morgan fingerprint density at radius 2 is 2.00 bits per heavy atom. The van der Waals surface area contributed by atoms with E-state index in [2.05, 4.69) is 15.2 Å². The summed E-state index contributed by atoms with van der Waals surface area (Å²) in [7, 11) is 0. The summed E-state index contributed by atoms with van der Waals surface area (Å²) in [5.41, 5.74) is 3.57. The van der Waals surface area contributed by atoms with Crippen LogP contribution in [0.1, 0.15) is 55.3 Å². The van der Waals surface area contributed by atoms with E-state index >= 15 is 0 Å². The normalized spacial score (nSPS) is 25.1. The number of aromatic nitrogens is 1. The molecule has 1 saturated heterocycles. The Bertz CT molecular complexity index is 723. The zero-order valence-electron chi connectivity index (χ0n) is 14.7. The molecule has 1 amide bonds. The van der Waals surface area contributed by atoms with Crippen LogP contribution in [-0.4, -0.2) is 41.5 Å². The average Bonchev–Trinajstić information content (AvgIpc) is 3.12. The van der Waals surface area contributed by atoms with E-state index in [1.165, 1.54) is 51.6 Å². The van der Waals surface area contributed by atoms with Crippen LogP contribution in [0.5, 0.6) is 0 Å². The lowest BCUT2D eigenvalue weighted by Gasteiger charge is -2.37. The Morgan fingerprint density at radius 1 is 1.16 bits per heavy atom. The molecule has 0 spiro atoms. The summed E-state index contributed by atoms with van der Waals surface area (Å²) >= 11 is 1.59.